The van der Waals surface area contributed by atoms with Crippen LogP contribution in [0.1, 0.15) is 23.2 Å². The minimum atomic E-state index is -0.563. The summed E-state index contributed by atoms with van der Waals surface area (Å²) in [5, 5.41) is 2.83. The van der Waals surface area contributed by atoms with Crippen LogP contribution in [0, 0.1) is 5.92 Å². The van der Waals surface area contributed by atoms with Crippen LogP contribution in [0.5, 0.6) is 11.5 Å². The Morgan fingerprint density at radius 1 is 1.07 bits per heavy atom. The van der Waals surface area contributed by atoms with Gasteiger partial charge in [0.1, 0.15) is 11.5 Å². The van der Waals surface area contributed by atoms with Gasteiger partial charge in [0.15, 0.2) is 0 Å². The zero-order valence-corrected chi connectivity index (χ0v) is 16.1. The highest BCUT2D eigenvalue weighted by molar-refractivity contribution is 5.96. The number of hydrogen-bond acceptors (Lipinski definition) is 5. The van der Waals surface area contributed by atoms with E-state index >= 15 is 0 Å². The van der Waals surface area contributed by atoms with Gasteiger partial charge in [-0.2, -0.15) is 0 Å². The first-order valence-corrected chi connectivity index (χ1v) is 8.85. The first-order chi connectivity index (χ1) is 13.0. The molecule has 1 saturated heterocycles. The van der Waals surface area contributed by atoms with E-state index in [-0.39, 0.29) is 24.2 Å². The largest absolute Gasteiger partial charge is 0.457 e. The number of halogens is 1. The molecule has 0 aromatic heterocycles. The summed E-state index contributed by atoms with van der Waals surface area (Å²) in [5.74, 6) is 0.261. The molecule has 2 aromatic carbocycles. The van der Waals surface area contributed by atoms with Crippen LogP contribution in [-0.4, -0.2) is 31.1 Å². The lowest BCUT2D eigenvalue weighted by molar-refractivity contribution is -0.119. The van der Waals surface area contributed by atoms with E-state index < -0.39 is 11.9 Å². The second kappa shape index (κ2) is 10.1. The Morgan fingerprint density at radius 2 is 1.71 bits per heavy atom. The quantitative estimate of drug-likeness (QED) is 0.683. The first kappa shape index (κ1) is 21.7. The average Bonchev–Trinajstić information content (AvgIpc) is 2.70. The van der Waals surface area contributed by atoms with E-state index in [1.807, 2.05) is 0 Å². The van der Waals surface area contributed by atoms with Gasteiger partial charge in [0.05, 0.1) is 11.6 Å². The normalized spacial score (nSPS) is 15.2. The molecular formula is C20H24ClN3O4. The number of nitrogens with one attached hydrogen (secondary N) is 1. The van der Waals surface area contributed by atoms with Gasteiger partial charge in [-0.1, -0.05) is 12.1 Å². The highest BCUT2D eigenvalue weighted by Gasteiger charge is 2.26. The smallest absolute Gasteiger partial charge is 0.252 e. The second-order valence-electron chi connectivity index (χ2n) is 6.45. The molecule has 2 amide bonds. The number of amides is 2. The third-order valence-corrected chi connectivity index (χ3v) is 4.58. The van der Waals surface area contributed by atoms with Crippen molar-refractivity contribution < 1.29 is 19.1 Å². The Hall–Kier alpha value is -2.61. The molecule has 2 aromatic rings. The highest BCUT2D eigenvalue weighted by atomic mass is 35.5. The van der Waals surface area contributed by atoms with E-state index in [2.05, 4.69) is 5.32 Å². The van der Waals surface area contributed by atoms with E-state index in [1.165, 1.54) is 0 Å². The minimum absolute atomic E-state index is 0. The molecule has 28 heavy (non-hydrogen) atoms. The van der Waals surface area contributed by atoms with Crippen LogP contribution in [0.2, 0.25) is 0 Å². The molecule has 0 aliphatic carbocycles. The molecule has 8 heteroatoms. The highest BCUT2D eigenvalue weighted by Crippen LogP contribution is 2.26. The molecular weight excluding hydrogens is 382 g/mol. The van der Waals surface area contributed by atoms with Gasteiger partial charge in [-0.05, 0) is 55.2 Å². The fraction of sp³-hybridized carbons (Fsp3) is 0.300. The number of carbonyl (C=O) groups is 2. The summed E-state index contributed by atoms with van der Waals surface area (Å²) in [6.07, 6.45) is 1.58. The van der Waals surface area contributed by atoms with Gasteiger partial charge in [-0.25, -0.2) is 0 Å². The maximum atomic E-state index is 12.3. The number of para-hydroxylation sites is 1. The van der Waals surface area contributed by atoms with Crippen LogP contribution < -0.4 is 21.5 Å². The molecule has 7 nitrogen and oxygen atoms in total. The van der Waals surface area contributed by atoms with Gasteiger partial charge in [0.25, 0.3) is 5.91 Å². The van der Waals surface area contributed by atoms with Crippen LogP contribution in [0.3, 0.4) is 0 Å². The molecule has 0 spiro atoms. The van der Waals surface area contributed by atoms with Crippen LogP contribution >= 0.6 is 12.4 Å². The van der Waals surface area contributed by atoms with Crippen molar-refractivity contribution in [1.82, 2.24) is 0 Å². The van der Waals surface area contributed by atoms with Crippen LogP contribution in [0.25, 0.3) is 0 Å². The monoisotopic (exact) mass is 405 g/mol. The van der Waals surface area contributed by atoms with Crippen molar-refractivity contribution in [3.8, 4) is 11.5 Å². The van der Waals surface area contributed by atoms with Gasteiger partial charge >= 0.3 is 0 Å². The van der Waals surface area contributed by atoms with Crippen LogP contribution in [0.15, 0.2) is 48.5 Å². The maximum Gasteiger partial charge on any atom is 0.252 e. The van der Waals surface area contributed by atoms with Gasteiger partial charge in [0.2, 0.25) is 5.91 Å². The van der Waals surface area contributed by atoms with E-state index in [0.29, 0.717) is 36.0 Å². The summed E-state index contributed by atoms with van der Waals surface area (Å²) in [4.78, 5) is 23.8. The SMILES string of the molecule is Cl.NC(=O)c1ccccc1Oc1ccc(NC(=O)C(N)C2CCOCC2)cc1. The molecule has 0 saturated carbocycles. The third-order valence-electron chi connectivity index (χ3n) is 4.58. The lowest BCUT2D eigenvalue weighted by Crippen LogP contribution is -2.43. The van der Waals surface area contributed by atoms with Gasteiger partial charge in [0, 0.05) is 18.9 Å². The summed E-state index contributed by atoms with van der Waals surface area (Å²) in [7, 11) is 0. The lowest BCUT2D eigenvalue weighted by Gasteiger charge is -2.26. The Balaban J connectivity index is 0.00000280. The van der Waals surface area contributed by atoms with E-state index in [4.69, 9.17) is 20.9 Å². The molecule has 5 N–H and O–H groups in total. The fourth-order valence-corrected chi connectivity index (χ4v) is 3.01. The standard InChI is InChI=1S/C20H23N3O4.ClH/c21-18(13-9-11-26-12-10-13)20(25)23-14-5-7-15(8-6-14)27-17-4-2-1-3-16(17)19(22)24;/h1-8,13,18H,9-12,21H2,(H2,22,24)(H,23,25);1H. The number of primary amides is 1. The Labute approximate surface area is 169 Å². The lowest BCUT2D eigenvalue weighted by atomic mass is 9.92. The van der Waals surface area contributed by atoms with E-state index in [9.17, 15) is 9.59 Å². The van der Waals surface area contributed by atoms with Gasteiger partial charge in [-0.15, -0.1) is 12.4 Å². The zero-order valence-electron chi connectivity index (χ0n) is 15.3. The summed E-state index contributed by atoms with van der Waals surface area (Å²) in [5.41, 5.74) is 12.4. The van der Waals surface area contributed by atoms with E-state index in [1.54, 1.807) is 48.5 Å². The number of nitrogens with two attached hydrogens (primary N) is 2. The van der Waals surface area contributed by atoms with Crippen molar-refractivity contribution in [3.63, 3.8) is 0 Å². The topological polar surface area (TPSA) is 117 Å². The van der Waals surface area contributed by atoms with Crippen molar-refractivity contribution in [1.29, 1.82) is 0 Å². The van der Waals surface area contributed by atoms with Crippen molar-refractivity contribution >= 4 is 29.9 Å². The molecule has 150 valence electrons. The summed E-state index contributed by atoms with van der Waals surface area (Å²) in [6.45, 7) is 1.29. The number of anilines is 1. The summed E-state index contributed by atoms with van der Waals surface area (Å²) >= 11 is 0. The molecule has 1 heterocycles. The summed E-state index contributed by atoms with van der Waals surface area (Å²) in [6, 6.07) is 13.0. The maximum absolute atomic E-state index is 12.3. The Kier molecular flexibility index (Phi) is 7.80. The minimum Gasteiger partial charge on any atom is -0.457 e. The molecule has 1 fully saturated rings. The van der Waals surface area contributed by atoms with Crippen molar-refractivity contribution in [2.45, 2.75) is 18.9 Å². The van der Waals surface area contributed by atoms with Crippen molar-refractivity contribution in [2.75, 3.05) is 18.5 Å². The molecule has 3 rings (SSSR count). The molecule has 1 atom stereocenters. The van der Waals surface area contributed by atoms with Gasteiger partial charge in [-0.3, -0.25) is 9.59 Å². The molecule has 1 aliphatic rings. The number of hydrogen-bond donors (Lipinski definition) is 3. The Morgan fingerprint density at radius 3 is 2.36 bits per heavy atom. The third kappa shape index (κ3) is 5.45. The number of rotatable bonds is 6. The van der Waals surface area contributed by atoms with Crippen molar-refractivity contribution in [3.05, 3.63) is 54.1 Å². The predicted octanol–water partition coefficient (Wildman–Crippen LogP) is 2.69. The Bertz CT molecular complexity index is 807. The fourth-order valence-electron chi connectivity index (χ4n) is 3.01. The average molecular weight is 406 g/mol. The van der Waals surface area contributed by atoms with Crippen LogP contribution in [0.4, 0.5) is 5.69 Å². The van der Waals surface area contributed by atoms with Gasteiger partial charge < -0.3 is 26.3 Å². The predicted molar refractivity (Wildman–Crippen MR) is 109 cm³/mol. The van der Waals surface area contributed by atoms with Crippen LogP contribution in [-0.2, 0) is 9.53 Å². The van der Waals surface area contributed by atoms with Crippen molar-refractivity contribution in [2.24, 2.45) is 17.4 Å². The van der Waals surface area contributed by atoms with E-state index in [0.717, 1.165) is 12.8 Å². The summed E-state index contributed by atoms with van der Waals surface area (Å²) < 4.78 is 11.0. The number of benzene rings is 2. The molecule has 1 unspecified atom stereocenters. The second-order valence-corrected chi connectivity index (χ2v) is 6.45. The number of carbonyl (C=O) groups excluding carboxylic acids is 2. The molecule has 1 aliphatic heterocycles. The molecule has 0 radical (unpaired) electrons. The first-order valence-electron chi connectivity index (χ1n) is 8.85. The molecule has 0 bridgehead atoms. The zero-order chi connectivity index (χ0) is 19.2. The number of ether oxygens (including phenoxy) is 2.